The highest BCUT2D eigenvalue weighted by molar-refractivity contribution is 7.80. The van der Waals surface area contributed by atoms with Crippen LogP contribution in [0.15, 0.2) is 12.1 Å². The van der Waals surface area contributed by atoms with E-state index in [9.17, 15) is 0 Å². The van der Waals surface area contributed by atoms with E-state index in [0.717, 1.165) is 43.1 Å². The minimum absolute atomic E-state index is 0.196. The molecule has 134 valence electrons. The lowest BCUT2D eigenvalue weighted by atomic mass is 10.1. The Balaban J connectivity index is 1.83. The molecule has 1 saturated heterocycles. The zero-order valence-corrected chi connectivity index (χ0v) is 16.6. The molecule has 1 fully saturated rings. The quantitative estimate of drug-likeness (QED) is 0.694. The standard InChI is InChI=1S/C18H28ClN3OS/c1-12(2)10-22-5-6-23-15(11-22)9-20-18(24)21-17-14(4)7-13(3)8-16(17)19/h7-8,12,15H,5-6,9-11H2,1-4H3,(H2,20,21,24)/p+1/t15-/m1/s1. The summed E-state index contributed by atoms with van der Waals surface area (Å²) in [6, 6.07) is 4.03. The van der Waals surface area contributed by atoms with Gasteiger partial charge in [0.15, 0.2) is 5.11 Å². The van der Waals surface area contributed by atoms with Crippen LogP contribution in [0.25, 0.3) is 0 Å². The lowest BCUT2D eigenvalue weighted by Crippen LogP contribution is -3.15. The fourth-order valence-electron chi connectivity index (χ4n) is 3.19. The van der Waals surface area contributed by atoms with Gasteiger partial charge in [-0.25, -0.2) is 0 Å². The van der Waals surface area contributed by atoms with Crippen LogP contribution in [0, 0.1) is 19.8 Å². The smallest absolute Gasteiger partial charge is 0.170 e. The number of aryl methyl sites for hydroxylation is 2. The van der Waals surface area contributed by atoms with Crippen molar-refractivity contribution in [1.29, 1.82) is 0 Å². The Labute approximate surface area is 155 Å². The third kappa shape index (κ3) is 5.88. The van der Waals surface area contributed by atoms with Crippen molar-refractivity contribution in [2.75, 3.05) is 38.1 Å². The molecule has 1 aromatic carbocycles. The molecule has 0 spiro atoms. The van der Waals surface area contributed by atoms with Crippen LogP contribution in [0.5, 0.6) is 0 Å². The monoisotopic (exact) mass is 370 g/mol. The van der Waals surface area contributed by atoms with Gasteiger partial charge in [-0.2, -0.15) is 0 Å². The van der Waals surface area contributed by atoms with Crippen LogP contribution < -0.4 is 15.5 Å². The Kier molecular flexibility index (Phi) is 7.29. The summed E-state index contributed by atoms with van der Waals surface area (Å²) >= 11 is 11.7. The summed E-state index contributed by atoms with van der Waals surface area (Å²) in [5, 5.41) is 7.76. The number of quaternary nitrogens is 1. The van der Waals surface area contributed by atoms with Gasteiger partial charge in [0, 0.05) is 12.5 Å². The van der Waals surface area contributed by atoms with Crippen molar-refractivity contribution >= 4 is 34.6 Å². The summed E-state index contributed by atoms with van der Waals surface area (Å²) in [6.45, 7) is 13.4. The molecule has 24 heavy (non-hydrogen) atoms. The fraction of sp³-hybridized carbons (Fsp3) is 0.611. The molecule has 1 unspecified atom stereocenters. The van der Waals surface area contributed by atoms with Crippen LogP contribution >= 0.6 is 23.8 Å². The summed E-state index contributed by atoms with van der Waals surface area (Å²) in [4.78, 5) is 1.61. The Morgan fingerprint density at radius 2 is 2.17 bits per heavy atom. The molecule has 0 amide bonds. The molecular weight excluding hydrogens is 342 g/mol. The normalized spacial score (nSPS) is 20.9. The maximum Gasteiger partial charge on any atom is 0.170 e. The van der Waals surface area contributed by atoms with Gasteiger partial charge in [0.25, 0.3) is 0 Å². The average molecular weight is 371 g/mol. The van der Waals surface area contributed by atoms with Crippen LogP contribution in [-0.2, 0) is 4.74 Å². The van der Waals surface area contributed by atoms with E-state index in [4.69, 9.17) is 28.6 Å². The van der Waals surface area contributed by atoms with Crippen molar-refractivity contribution in [2.45, 2.75) is 33.8 Å². The second-order valence-corrected chi connectivity index (χ2v) is 7.88. The second-order valence-electron chi connectivity index (χ2n) is 7.07. The largest absolute Gasteiger partial charge is 0.365 e. The van der Waals surface area contributed by atoms with E-state index in [0.29, 0.717) is 16.1 Å². The molecule has 2 atom stereocenters. The average Bonchev–Trinajstić information content (AvgIpc) is 2.48. The van der Waals surface area contributed by atoms with E-state index in [2.05, 4.69) is 30.5 Å². The maximum atomic E-state index is 6.32. The number of rotatable bonds is 5. The third-order valence-electron chi connectivity index (χ3n) is 4.18. The first-order valence-corrected chi connectivity index (χ1v) is 9.40. The topological polar surface area (TPSA) is 37.7 Å². The highest BCUT2D eigenvalue weighted by atomic mass is 35.5. The minimum atomic E-state index is 0.196. The Morgan fingerprint density at radius 1 is 1.42 bits per heavy atom. The number of anilines is 1. The number of thiocarbonyl (C=S) groups is 1. The number of hydrogen-bond acceptors (Lipinski definition) is 2. The lowest BCUT2D eigenvalue weighted by Gasteiger charge is -2.31. The number of benzene rings is 1. The van der Waals surface area contributed by atoms with Gasteiger partial charge in [-0.15, -0.1) is 0 Å². The lowest BCUT2D eigenvalue weighted by molar-refractivity contribution is -0.914. The molecule has 0 radical (unpaired) electrons. The summed E-state index contributed by atoms with van der Waals surface area (Å²) in [6.07, 6.45) is 0.196. The first kappa shape index (κ1) is 19.4. The van der Waals surface area contributed by atoms with Crippen LogP contribution in [0.2, 0.25) is 5.02 Å². The Hall–Kier alpha value is -0.880. The molecule has 0 saturated carbocycles. The molecule has 0 bridgehead atoms. The molecule has 2 rings (SSSR count). The molecule has 0 aromatic heterocycles. The summed E-state index contributed by atoms with van der Waals surface area (Å²) in [5.74, 6) is 0.709. The zero-order valence-electron chi connectivity index (χ0n) is 15.0. The first-order chi connectivity index (χ1) is 11.3. The Bertz CT molecular complexity index is 556. The fourth-order valence-corrected chi connectivity index (χ4v) is 3.74. The van der Waals surface area contributed by atoms with Gasteiger partial charge in [0.1, 0.15) is 19.2 Å². The van der Waals surface area contributed by atoms with Crippen LogP contribution in [0.4, 0.5) is 5.69 Å². The van der Waals surface area contributed by atoms with Crippen LogP contribution in [-0.4, -0.2) is 44.0 Å². The molecule has 3 N–H and O–H groups in total. The second kappa shape index (κ2) is 8.99. The maximum absolute atomic E-state index is 6.32. The predicted molar refractivity (Wildman–Crippen MR) is 105 cm³/mol. The van der Waals surface area contributed by atoms with Crippen molar-refractivity contribution in [2.24, 2.45) is 5.92 Å². The van der Waals surface area contributed by atoms with Gasteiger partial charge in [-0.3, -0.25) is 0 Å². The van der Waals surface area contributed by atoms with E-state index in [-0.39, 0.29) is 6.10 Å². The molecular formula is C18H29ClN3OS+. The molecule has 1 aliphatic heterocycles. The summed E-state index contributed by atoms with van der Waals surface area (Å²) in [5.41, 5.74) is 3.10. The SMILES string of the molecule is Cc1cc(C)c(NC(=S)NC[C@@H]2C[NH+](CC(C)C)CCO2)c(Cl)c1. The van der Waals surface area contributed by atoms with Crippen LogP contribution in [0.1, 0.15) is 25.0 Å². The van der Waals surface area contributed by atoms with Crippen molar-refractivity contribution < 1.29 is 9.64 Å². The molecule has 6 heteroatoms. The van der Waals surface area contributed by atoms with Gasteiger partial charge in [0.05, 0.1) is 23.9 Å². The van der Waals surface area contributed by atoms with Crippen molar-refractivity contribution in [3.8, 4) is 0 Å². The molecule has 1 heterocycles. The highest BCUT2D eigenvalue weighted by Gasteiger charge is 2.24. The van der Waals surface area contributed by atoms with E-state index in [1.54, 1.807) is 4.90 Å². The number of ether oxygens (including phenoxy) is 1. The van der Waals surface area contributed by atoms with E-state index < -0.39 is 0 Å². The third-order valence-corrected chi connectivity index (χ3v) is 4.73. The van der Waals surface area contributed by atoms with Crippen molar-refractivity contribution in [3.05, 3.63) is 28.3 Å². The van der Waals surface area contributed by atoms with E-state index in [1.807, 2.05) is 19.9 Å². The number of nitrogens with one attached hydrogen (secondary N) is 3. The Morgan fingerprint density at radius 3 is 2.83 bits per heavy atom. The summed E-state index contributed by atoms with van der Waals surface area (Å²) < 4.78 is 5.86. The molecule has 4 nitrogen and oxygen atoms in total. The highest BCUT2D eigenvalue weighted by Crippen LogP contribution is 2.27. The predicted octanol–water partition coefficient (Wildman–Crippen LogP) is 2.18. The number of morpholine rings is 1. The zero-order chi connectivity index (χ0) is 17.7. The summed E-state index contributed by atoms with van der Waals surface area (Å²) in [7, 11) is 0. The van der Waals surface area contributed by atoms with Gasteiger partial charge in [0.2, 0.25) is 0 Å². The number of halogens is 1. The van der Waals surface area contributed by atoms with Gasteiger partial charge < -0.3 is 20.3 Å². The van der Waals surface area contributed by atoms with Gasteiger partial charge in [-0.05, 0) is 43.3 Å². The van der Waals surface area contributed by atoms with Gasteiger partial charge in [-0.1, -0.05) is 31.5 Å². The molecule has 1 aromatic rings. The van der Waals surface area contributed by atoms with E-state index in [1.165, 1.54) is 6.54 Å². The van der Waals surface area contributed by atoms with Crippen LogP contribution in [0.3, 0.4) is 0 Å². The molecule has 0 aliphatic carbocycles. The van der Waals surface area contributed by atoms with Crippen molar-refractivity contribution in [3.63, 3.8) is 0 Å². The number of hydrogen-bond donors (Lipinski definition) is 3. The first-order valence-electron chi connectivity index (χ1n) is 8.62. The van der Waals surface area contributed by atoms with Crippen molar-refractivity contribution in [1.82, 2.24) is 5.32 Å². The van der Waals surface area contributed by atoms with Gasteiger partial charge >= 0.3 is 0 Å². The minimum Gasteiger partial charge on any atom is -0.365 e. The van der Waals surface area contributed by atoms with E-state index >= 15 is 0 Å². The molecule has 1 aliphatic rings.